The van der Waals surface area contributed by atoms with Crippen LogP contribution in [0.5, 0.6) is 0 Å². The molecule has 0 aromatic carbocycles. The van der Waals surface area contributed by atoms with E-state index in [0.29, 0.717) is 24.1 Å². The zero-order valence-electron chi connectivity index (χ0n) is 11.7. The van der Waals surface area contributed by atoms with E-state index in [1.54, 1.807) is 6.92 Å². The number of carbonyl (C=O) groups excluding carboxylic acids is 1. The first-order valence-corrected chi connectivity index (χ1v) is 6.54. The van der Waals surface area contributed by atoms with E-state index < -0.39 is 5.97 Å². The average molecular weight is 251 g/mol. The van der Waals surface area contributed by atoms with Gasteiger partial charge in [0.25, 0.3) is 0 Å². The molecule has 0 saturated heterocycles. The van der Waals surface area contributed by atoms with Gasteiger partial charge in [0.1, 0.15) is 0 Å². The Morgan fingerprint density at radius 1 is 1.56 bits per heavy atom. The van der Waals surface area contributed by atoms with Crippen molar-refractivity contribution in [1.82, 2.24) is 4.98 Å². The zero-order valence-corrected chi connectivity index (χ0v) is 11.7. The molecule has 1 unspecified atom stereocenters. The fourth-order valence-electron chi connectivity index (χ4n) is 2.12. The molecule has 1 aromatic heterocycles. The molecule has 1 aliphatic carbocycles. The molecule has 0 bridgehead atoms. The standard InChI is InChI=1S/C14H21NO3/c1-6-17-13(16)11-10(8(2)3)15-12(18-11)9-7-14(9,4)5/h8-9H,6-7H2,1-5H3. The lowest BCUT2D eigenvalue weighted by Gasteiger charge is -2.02. The van der Waals surface area contributed by atoms with Crippen LogP contribution in [0.1, 0.15) is 75.0 Å². The van der Waals surface area contributed by atoms with Gasteiger partial charge in [0.15, 0.2) is 5.89 Å². The van der Waals surface area contributed by atoms with Crippen LogP contribution in [-0.4, -0.2) is 17.6 Å². The van der Waals surface area contributed by atoms with Crippen molar-refractivity contribution in [2.24, 2.45) is 5.41 Å². The maximum Gasteiger partial charge on any atom is 0.376 e. The summed E-state index contributed by atoms with van der Waals surface area (Å²) in [5.41, 5.74) is 0.955. The maximum atomic E-state index is 11.8. The molecule has 1 atom stereocenters. The van der Waals surface area contributed by atoms with Crippen LogP contribution in [0.2, 0.25) is 0 Å². The topological polar surface area (TPSA) is 52.3 Å². The van der Waals surface area contributed by atoms with E-state index >= 15 is 0 Å². The third kappa shape index (κ3) is 2.28. The molecule has 4 nitrogen and oxygen atoms in total. The number of carbonyl (C=O) groups is 1. The van der Waals surface area contributed by atoms with E-state index in [-0.39, 0.29) is 17.1 Å². The third-order valence-electron chi connectivity index (χ3n) is 3.49. The first-order chi connectivity index (χ1) is 8.36. The Kier molecular flexibility index (Phi) is 3.21. The molecule has 18 heavy (non-hydrogen) atoms. The van der Waals surface area contributed by atoms with Gasteiger partial charge >= 0.3 is 5.97 Å². The summed E-state index contributed by atoms with van der Waals surface area (Å²) in [6, 6.07) is 0. The summed E-state index contributed by atoms with van der Waals surface area (Å²) in [6.07, 6.45) is 1.06. The summed E-state index contributed by atoms with van der Waals surface area (Å²) in [6.45, 7) is 10.5. The molecule has 0 radical (unpaired) electrons. The van der Waals surface area contributed by atoms with Gasteiger partial charge < -0.3 is 9.15 Å². The number of ether oxygens (including phenoxy) is 1. The number of hydrogen-bond acceptors (Lipinski definition) is 4. The van der Waals surface area contributed by atoms with Crippen molar-refractivity contribution in [2.75, 3.05) is 6.61 Å². The fraction of sp³-hybridized carbons (Fsp3) is 0.714. The van der Waals surface area contributed by atoms with Crippen molar-refractivity contribution in [1.29, 1.82) is 0 Å². The minimum absolute atomic E-state index is 0.156. The Morgan fingerprint density at radius 3 is 2.61 bits per heavy atom. The molecule has 0 N–H and O–H groups in total. The third-order valence-corrected chi connectivity index (χ3v) is 3.49. The molecule has 1 saturated carbocycles. The molecule has 1 heterocycles. The van der Waals surface area contributed by atoms with Gasteiger partial charge in [-0.2, -0.15) is 0 Å². The number of rotatable bonds is 4. The highest BCUT2D eigenvalue weighted by Gasteiger charge is 2.50. The van der Waals surface area contributed by atoms with E-state index in [1.165, 1.54) is 0 Å². The molecule has 0 amide bonds. The van der Waals surface area contributed by atoms with Crippen LogP contribution in [0, 0.1) is 5.41 Å². The molecule has 4 heteroatoms. The Hall–Kier alpha value is -1.32. The quantitative estimate of drug-likeness (QED) is 0.769. The lowest BCUT2D eigenvalue weighted by atomic mass is 10.1. The second-order valence-electron chi connectivity index (χ2n) is 5.89. The first kappa shape index (κ1) is 13.1. The van der Waals surface area contributed by atoms with E-state index in [1.807, 2.05) is 13.8 Å². The van der Waals surface area contributed by atoms with Crippen LogP contribution < -0.4 is 0 Å². The van der Waals surface area contributed by atoms with E-state index in [2.05, 4.69) is 18.8 Å². The highest BCUT2D eigenvalue weighted by molar-refractivity contribution is 5.87. The number of oxazole rings is 1. The molecular formula is C14H21NO3. The van der Waals surface area contributed by atoms with Gasteiger partial charge in [-0.15, -0.1) is 0 Å². The van der Waals surface area contributed by atoms with Crippen LogP contribution in [0.15, 0.2) is 4.42 Å². The lowest BCUT2D eigenvalue weighted by molar-refractivity contribution is 0.0485. The highest BCUT2D eigenvalue weighted by Crippen LogP contribution is 2.58. The van der Waals surface area contributed by atoms with Gasteiger partial charge in [-0.3, -0.25) is 0 Å². The second kappa shape index (κ2) is 4.41. The number of nitrogens with zero attached hydrogens (tertiary/aromatic N) is 1. The SMILES string of the molecule is CCOC(=O)c1oc(C2CC2(C)C)nc1C(C)C. The van der Waals surface area contributed by atoms with Crippen LogP contribution in [0.3, 0.4) is 0 Å². The van der Waals surface area contributed by atoms with Crippen molar-refractivity contribution in [2.45, 2.75) is 52.9 Å². The van der Waals surface area contributed by atoms with E-state index in [4.69, 9.17) is 9.15 Å². The molecule has 0 spiro atoms. The van der Waals surface area contributed by atoms with E-state index in [9.17, 15) is 4.79 Å². The van der Waals surface area contributed by atoms with Crippen LogP contribution >= 0.6 is 0 Å². The Morgan fingerprint density at radius 2 is 2.17 bits per heavy atom. The average Bonchev–Trinajstić information content (AvgIpc) is 2.76. The predicted molar refractivity (Wildman–Crippen MR) is 67.7 cm³/mol. The van der Waals surface area contributed by atoms with E-state index in [0.717, 1.165) is 6.42 Å². The van der Waals surface area contributed by atoms with Gasteiger partial charge in [-0.1, -0.05) is 27.7 Å². The van der Waals surface area contributed by atoms with Crippen molar-refractivity contribution in [3.8, 4) is 0 Å². The second-order valence-corrected chi connectivity index (χ2v) is 5.89. The van der Waals surface area contributed by atoms with Gasteiger partial charge in [-0.25, -0.2) is 9.78 Å². The zero-order chi connectivity index (χ0) is 13.5. The summed E-state index contributed by atoms with van der Waals surface area (Å²) < 4.78 is 10.7. The largest absolute Gasteiger partial charge is 0.460 e. The molecule has 100 valence electrons. The van der Waals surface area contributed by atoms with Crippen molar-refractivity contribution in [3.63, 3.8) is 0 Å². The number of aromatic nitrogens is 1. The summed E-state index contributed by atoms with van der Waals surface area (Å²) in [5, 5.41) is 0. The van der Waals surface area contributed by atoms with Gasteiger partial charge in [0.2, 0.25) is 5.76 Å². The molecular weight excluding hydrogens is 230 g/mol. The summed E-state index contributed by atoms with van der Waals surface area (Å²) in [5.74, 6) is 1.05. The summed E-state index contributed by atoms with van der Waals surface area (Å²) in [4.78, 5) is 16.3. The highest BCUT2D eigenvalue weighted by atomic mass is 16.5. The number of esters is 1. The molecule has 1 fully saturated rings. The molecule has 1 aliphatic rings. The smallest absolute Gasteiger partial charge is 0.376 e. The predicted octanol–water partition coefficient (Wildman–Crippen LogP) is 3.49. The van der Waals surface area contributed by atoms with Crippen molar-refractivity contribution >= 4 is 5.97 Å². The van der Waals surface area contributed by atoms with Gasteiger partial charge in [-0.05, 0) is 24.7 Å². The Balaban J connectivity index is 2.30. The Labute approximate surface area is 108 Å². The minimum atomic E-state index is -0.404. The minimum Gasteiger partial charge on any atom is -0.460 e. The number of hydrogen-bond donors (Lipinski definition) is 0. The fourth-order valence-corrected chi connectivity index (χ4v) is 2.12. The van der Waals surface area contributed by atoms with Crippen molar-refractivity contribution < 1.29 is 13.9 Å². The summed E-state index contributed by atoms with van der Waals surface area (Å²) >= 11 is 0. The monoisotopic (exact) mass is 251 g/mol. The Bertz CT molecular complexity index is 460. The van der Waals surface area contributed by atoms with Gasteiger partial charge in [0.05, 0.1) is 12.3 Å². The van der Waals surface area contributed by atoms with Crippen LogP contribution in [-0.2, 0) is 4.74 Å². The van der Waals surface area contributed by atoms with Gasteiger partial charge in [0, 0.05) is 5.92 Å². The normalized spacial score (nSPS) is 21.1. The molecule has 1 aromatic rings. The van der Waals surface area contributed by atoms with Crippen LogP contribution in [0.4, 0.5) is 0 Å². The molecule has 2 rings (SSSR count). The maximum absolute atomic E-state index is 11.8. The first-order valence-electron chi connectivity index (χ1n) is 6.54. The molecule has 0 aliphatic heterocycles. The van der Waals surface area contributed by atoms with Crippen molar-refractivity contribution in [3.05, 3.63) is 17.3 Å². The van der Waals surface area contributed by atoms with Crippen LogP contribution in [0.25, 0.3) is 0 Å². The summed E-state index contributed by atoms with van der Waals surface area (Å²) in [7, 11) is 0. The lowest BCUT2D eigenvalue weighted by Crippen LogP contribution is -2.07.